The highest BCUT2D eigenvalue weighted by molar-refractivity contribution is 7.86. The summed E-state index contributed by atoms with van der Waals surface area (Å²) in [4.78, 5) is 17.3. The molecule has 0 unspecified atom stereocenters. The van der Waals surface area contributed by atoms with Crippen molar-refractivity contribution in [3.05, 3.63) is 22.5 Å². The van der Waals surface area contributed by atoms with E-state index in [9.17, 15) is 13.2 Å². The first-order chi connectivity index (χ1) is 11.3. The molecule has 3 rings (SSSR count). The number of nitrogens with zero attached hydrogens (tertiary/aromatic N) is 6. The van der Waals surface area contributed by atoms with Crippen molar-refractivity contribution in [2.24, 2.45) is 7.05 Å². The minimum Gasteiger partial charge on any atom is -0.296 e. The van der Waals surface area contributed by atoms with Crippen LogP contribution in [0.2, 0.25) is 0 Å². The van der Waals surface area contributed by atoms with Gasteiger partial charge in [-0.1, -0.05) is 5.21 Å². The Bertz CT molecular complexity index is 871. The van der Waals surface area contributed by atoms with Crippen molar-refractivity contribution in [1.29, 1.82) is 0 Å². The van der Waals surface area contributed by atoms with Crippen molar-refractivity contribution in [3.8, 4) is 0 Å². The summed E-state index contributed by atoms with van der Waals surface area (Å²) in [6, 6.07) is 0. The van der Waals surface area contributed by atoms with Crippen LogP contribution >= 0.6 is 11.3 Å². The van der Waals surface area contributed by atoms with Crippen LogP contribution in [0.5, 0.6) is 0 Å². The minimum atomic E-state index is -3.46. The van der Waals surface area contributed by atoms with Crippen molar-refractivity contribution in [1.82, 2.24) is 28.6 Å². The summed E-state index contributed by atoms with van der Waals surface area (Å²) in [5.41, 5.74) is 1.02. The highest BCUT2D eigenvalue weighted by Crippen LogP contribution is 2.30. The molecule has 0 aliphatic carbocycles. The molecule has 1 aliphatic heterocycles. The Morgan fingerprint density at radius 3 is 2.79 bits per heavy atom. The van der Waals surface area contributed by atoms with Crippen LogP contribution in [0.3, 0.4) is 0 Å². The van der Waals surface area contributed by atoms with Crippen LogP contribution in [0.4, 0.5) is 5.13 Å². The number of aryl methyl sites for hydroxylation is 1. The van der Waals surface area contributed by atoms with E-state index in [1.807, 2.05) is 0 Å². The molecule has 1 amide bonds. The average molecular weight is 371 g/mol. The Kier molecular flexibility index (Phi) is 4.38. The monoisotopic (exact) mass is 371 g/mol. The largest absolute Gasteiger partial charge is 0.296 e. The maximum Gasteiger partial charge on any atom is 0.281 e. The standard InChI is InChI=1S/C12H17N7O3S2/c1-17(2)24(21,22)19-5-4-8-10(7-19)23-12(13-8)14-11(20)9-6-18(3)16-15-9/h6H,4-5,7H2,1-3H3,(H,13,14,20). The number of hydrogen-bond acceptors (Lipinski definition) is 7. The van der Waals surface area contributed by atoms with E-state index in [1.165, 1.54) is 44.9 Å². The lowest BCUT2D eigenvalue weighted by molar-refractivity contribution is 0.102. The van der Waals surface area contributed by atoms with Crippen LogP contribution in [-0.4, -0.2) is 63.6 Å². The normalized spacial score (nSPS) is 15.5. The summed E-state index contributed by atoms with van der Waals surface area (Å²) >= 11 is 1.27. The summed E-state index contributed by atoms with van der Waals surface area (Å²) < 4.78 is 28.5. The zero-order valence-electron chi connectivity index (χ0n) is 13.4. The van der Waals surface area contributed by atoms with E-state index < -0.39 is 16.1 Å². The van der Waals surface area contributed by atoms with Gasteiger partial charge in [-0.15, -0.1) is 16.4 Å². The van der Waals surface area contributed by atoms with Gasteiger partial charge in [0.05, 0.1) is 18.4 Å². The summed E-state index contributed by atoms with van der Waals surface area (Å²) in [6.07, 6.45) is 2.02. The van der Waals surface area contributed by atoms with Gasteiger partial charge < -0.3 is 0 Å². The van der Waals surface area contributed by atoms with Gasteiger partial charge in [0, 0.05) is 39.0 Å². The lowest BCUT2D eigenvalue weighted by atomic mass is 10.2. The molecule has 2 aromatic rings. The van der Waals surface area contributed by atoms with Crippen molar-refractivity contribution < 1.29 is 13.2 Å². The maximum absolute atomic E-state index is 12.2. The van der Waals surface area contributed by atoms with Gasteiger partial charge in [-0.3, -0.25) is 14.8 Å². The van der Waals surface area contributed by atoms with E-state index in [0.717, 1.165) is 10.6 Å². The Balaban J connectivity index is 1.75. The summed E-state index contributed by atoms with van der Waals surface area (Å²) in [7, 11) is 1.22. The molecule has 1 N–H and O–H groups in total. The fraction of sp³-hybridized carbons (Fsp3) is 0.500. The molecular formula is C12H17N7O3S2. The Labute approximate surface area is 143 Å². The highest BCUT2D eigenvalue weighted by atomic mass is 32.2. The Hall–Kier alpha value is -1.89. The van der Waals surface area contributed by atoms with Gasteiger partial charge in [0.2, 0.25) is 0 Å². The van der Waals surface area contributed by atoms with E-state index in [4.69, 9.17) is 0 Å². The first kappa shape index (κ1) is 17.0. The lowest BCUT2D eigenvalue weighted by Crippen LogP contribution is -2.42. The topological polar surface area (TPSA) is 113 Å². The molecule has 24 heavy (non-hydrogen) atoms. The third-order valence-corrected chi connectivity index (χ3v) is 6.42. The number of carbonyl (C=O) groups excluding carboxylic acids is 1. The summed E-state index contributed by atoms with van der Waals surface area (Å²) in [5.74, 6) is -0.396. The van der Waals surface area contributed by atoms with Gasteiger partial charge in [-0.05, 0) is 0 Å². The molecule has 1 aliphatic rings. The van der Waals surface area contributed by atoms with E-state index >= 15 is 0 Å². The fourth-order valence-corrected chi connectivity index (χ4v) is 4.44. The van der Waals surface area contributed by atoms with Crippen molar-refractivity contribution in [2.45, 2.75) is 13.0 Å². The minimum absolute atomic E-state index is 0.197. The first-order valence-corrected chi connectivity index (χ1v) is 9.32. The number of nitrogens with one attached hydrogen (secondary N) is 1. The molecule has 3 heterocycles. The van der Waals surface area contributed by atoms with Crippen LogP contribution in [0, 0.1) is 0 Å². The second-order valence-corrected chi connectivity index (χ2v) is 8.72. The van der Waals surface area contributed by atoms with Crippen LogP contribution in [0.25, 0.3) is 0 Å². The van der Waals surface area contributed by atoms with E-state index in [1.54, 1.807) is 7.05 Å². The molecule has 0 bridgehead atoms. The quantitative estimate of drug-likeness (QED) is 0.789. The second kappa shape index (κ2) is 6.20. The molecule has 0 radical (unpaired) electrons. The fourth-order valence-electron chi connectivity index (χ4n) is 2.27. The summed E-state index contributed by atoms with van der Waals surface area (Å²) in [5, 5.41) is 10.6. The summed E-state index contributed by atoms with van der Waals surface area (Å²) in [6.45, 7) is 0.628. The third-order valence-electron chi connectivity index (χ3n) is 3.54. The Morgan fingerprint density at radius 1 is 1.42 bits per heavy atom. The van der Waals surface area contributed by atoms with Gasteiger partial charge in [-0.2, -0.15) is 17.0 Å². The second-order valence-electron chi connectivity index (χ2n) is 5.49. The number of anilines is 1. The first-order valence-electron chi connectivity index (χ1n) is 7.11. The Morgan fingerprint density at radius 2 is 2.17 bits per heavy atom. The number of hydrogen-bond donors (Lipinski definition) is 1. The van der Waals surface area contributed by atoms with Gasteiger partial charge in [-0.25, -0.2) is 4.98 Å². The number of carbonyl (C=O) groups is 1. The van der Waals surface area contributed by atoms with Gasteiger partial charge in [0.25, 0.3) is 16.1 Å². The third kappa shape index (κ3) is 3.17. The van der Waals surface area contributed by atoms with Crippen molar-refractivity contribution in [2.75, 3.05) is 26.0 Å². The molecule has 0 saturated heterocycles. The SMILES string of the molecule is CN(C)S(=O)(=O)N1CCc2nc(NC(=O)c3cn(C)nn3)sc2C1. The van der Waals surface area contributed by atoms with Crippen molar-refractivity contribution in [3.63, 3.8) is 0 Å². The molecule has 0 atom stereocenters. The lowest BCUT2D eigenvalue weighted by Gasteiger charge is -2.27. The number of rotatable bonds is 4. The van der Waals surface area contributed by atoms with Crippen LogP contribution in [-0.2, 0) is 30.2 Å². The molecule has 0 aromatic carbocycles. The van der Waals surface area contributed by atoms with E-state index in [0.29, 0.717) is 18.1 Å². The predicted molar refractivity (Wildman–Crippen MR) is 87.8 cm³/mol. The van der Waals surface area contributed by atoms with Crippen LogP contribution in [0.1, 0.15) is 21.1 Å². The molecule has 2 aromatic heterocycles. The average Bonchev–Trinajstić information content (AvgIpc) is 3.11. The number of aromatic nitrogens is 4. The van der Waals surface area contributed by atoms with Crippen molar-refractivity contribution >= 4 is 32.6 Å². The van der Waals surface area contributed by atoms with Gasteiger partial charge in [0.15, 0.2) is 10.8 Å². The predicted octanol–water partition coefficient (Wildman–Crippen LogP) is -0.312. The molecule has 130 valence electrons. The molecule has 0 saturated carbocycles. The zero-order chi connectivity index (χ0) is 17.5. The highest BCUT2D eigenvalue weighted by Gasteiger charge is 2.30. The number of amides is 1. The molecule has 0 fully saturated rings. The molecular weight excluding hydrogens is 354 g/mol. The molecule has 12 heteroatoms. The number of fused-ring (bicyclic) bond motifs is 1. The van der Waals surface area contributed by atoms with Crippen LogP contribution < -0.4 is 5.32 Å². The van der Waals surface area contributed by atoms with Crippen LogP contribution in [0.15, 0.2) is 6.20 Å². The van der Waals surface area contributed by atoms with Gasteiger partial charge in [0.1, 0.15) is 0 Å². The van der Waals surface area contributed by atoms with E-state index in [-0.39, 0.29) is 12.2 Å². The molecule has 0 spiro atoms. The maximum atomic E-state index is 12.2. The van der Waals surface area contributed by atoms with Gasteiger partial charge >= 0.3 is 0 Å². The molecule has 10 nitrogen and oxygen atoms in total. The smallest absolute Gasteiger partial charge is 0.281 e. The van der Waals surface area contributed by atoms with E-state index in [2.05, 4.69) is 20.6 Å². The number of thiazole rings is 1. The zero-order valence-corrected chi connectivity index (χ0v) is 15.1.